The minimum Gasteiger partial charge on any atom is -0.487 e. The minimum absolute atomic E-state index is 0.00308. The number of esters is 1. The first-order chi connectivity index (χ1) is 20.6. The van der Waals surface area contributed by atoms with E-state index in [4.69, 9.17) is 9.47 Å². The zero-order valence-electron chi connectivity index (χ0n) is 23.3. The number of thiazole rings is 1. The van der Waals surface area contributed by atoms with Crippen LogP contribution in [0.1, 0.15) is 42.1 Å². The van der Waals surface area contributed by atoms with Gasteiger partial charge >= 0.3 is 5.97 Å². The molecule has 0 saturated heterocycles. The number of rotatable bonds is 8. The zero-order chi connectivity index (χ0) is 30.8. The molecule has 0 bridgehead atoms. The summed E-state index contributed by atoms with van der Waals surface area (Å²) in [7, 11) is 0. The summed E-state index contributed by atoms with van der Waals surface area (Å²) < 4.78 is 15.2. The lowest BCUT2D eigenvalue weighted by molar-refractivity contribution is -0.384. The lowest BCUT2D eigenvalue weighted by Gasteiger charge is -2.24. The molecule has 0 N–H and O–H groups in total. The Balaban J connectivity index is 1.60. The third-order valence-corrected chi connectivity index (χ3v) is 9.01. The number of hydrogen-bond donors (Lipinski definition) is 0. The van der Waals surface area contributed by atoms with E-state index in [2.05, 4.69) is 43.5 Å². The Morgan fingerprint density at radius 3 is 2.51 bits per heavy atom. The third-order valence-electron chi connectivity index (χ3n) is 6.76. The summed E-state index contributed by atoms with van der Waals surface area (Å²) in [5.74, 6) is 0.0542. The van der Waals surface area contributed by atoms with Crippen molar-refractivity contribution in [2.75, 3.05) is 6.61 Å². The van der Waals surface area contributed by atoms with Gasteiger partial charge in [-0.1, -0.05) is 57.1 Å². The van der Waals surface area contributed by atoms with Crippen molar-refractivity contribution in [3.8, 4) is 5.75 Å². The van der Waals surface area contributed by atoms with E-state index in [1.54, 1.807) is 36.6 Å². The molecule has 9 nitrogen and oxygen atoms in total. The molecule has 220 valence electrons. The average molecular weight is 774 g/mol. The molecule has 0 unspecified atom stereocenters. The molecule has 0 saturated carbocycles. The number of halogens is 2. The molecule has 5 rings (SSSR count). The van der Waals surface area contributed by atoms with Gasteiger partial charge in [0.15, 0.2) is 4.80 Å². The van der Waals surface area contributed by atoms with E-state index < -0.39 is 16.9 Å². The van der Waals surface area contributed by atoms with Gasteiger partial charge in [-0.15, -0.1) is 0 Å². The summed E-state index contributed by atoms with van der Waals surface area (Å²) in [5, 5.41) is 11.0. The van der Waals surface area contributed by atoms with Crippen LogP contribution in [0.2, 0.25) is 0 Å². The molecule has 1 aromatic heterocycles. The Morgan fingerprint density at radius 1 is 1.16 bits per heavy atom. The maximum absolute atomic E-state index is 14.0. The number of carbonyl (C=O) groups is 1. The SMILES string of the molecule is CCOC(=O)C1=C(C)N=c2s/c(=C\c3cc(Br)cc(I)c3OCc3ccc([N+](=O)[O-])cc3)c(=O)n2[C@H]1c1ccc(C)cc1. The van der Waals surface area contributed by atoms with Crippen molar-refractivity contribution >= 4 is 67.6 Å². The predicted molar refractivity (Wildman–Crippen MR) is 176 cm³/mol. The molecule has 1 aliphatic rings. The van der Waals surface area contributed by atoms with Crippen molar-refractivity contribution in [2.24, 2.45) is 4.99 Å². The summed E-state index contributed by atoms with van der Waals surface area (Å²) in [5.41, 5.74) is 3.80. The van der Waals surface area contributed by atoms with Gasteiger partial charge in [0.2, 0.25) is 0 Å². The molecular formula is C31H25BrIN3O6S. The standard InChI is InChI=1S/C31H25BrIN3O6S/c1-4-41-30(38)26-18(3)34-31-35(27(26)20-9-5-17(2)6-10-20)29(37)25(43-31)14-21-13-22(32)15-24(33)28(21)42-16-19-7-11-23(12-8-19)36(39)40/h5-15,27H,4,16H2,1-3H3/b25-14-/t27-/m0/s1. The van der Waals surface area contributed by atoms with Gasteiger partial charge in [0.05, 0.1) is 36.9 Å². The summed E-state index contributed by atoms with van der Waals surface area (Å²) in [6, 6.07) is 16.9. The van der Waals surface area contributed by atoms with E-state index >= 15 is 0 Å². The summed E-state index contributed by atoms with van der Waals surface area (Å²) in [4.78, 5) is 42.9. The van der Waals surface area contributed by atoms with Crippen LogP contribution in [-0.4, -0.2) is 22.1 Å². The Morgan fingerprint density at radius 2 is 1.86 bits per heavy atom. The highest BCUT2D eigenvalue weighted by Crippen LogP contribution is 2.33. The Bertz CT molecular complexity index is 1950. The van der Waals surface area contributed by atoms with Crippen molar-refractivity contribution in [1.29, 1.82) is 0 Å². The van der Waals surface area contributed by atoms with E-state index in [1.807, 2.05) is 43.3 Å². The number of non-ortho nitro benzene ring substituents is 1. The number of nitro groups is 1. The predicted octanol–water partition coefficient (Wildman–Crippen LogP) is 5.96. The number of hydrogen-bond acceptors (Lipinski definition) is 8. The van der Waals surface area contributed by atoms with Gasteiger partial charge in [-0.25, -0.2) is 9.79 Å². The fourth-order valence-electron chi connectivity index (χ4n) is 4.71. The first-order valence-corrected chi connectivity index (χ1v) is 15.9. The monoisotopic (exact) mass is 773 g/mol. The van der Waals surface area contributed by atoms with Crippen LogP contribution in [0, 0.1) is 20.6 Å². The quantitative estimate of drug-likeness (QED) is 0.0946. The van der Waals surface area contributed by atoms with Crippen molar-refractivity contribution in [1.82, 2.24) is 4.57 Å². The number of allylic oxidation sites excluding steroid dienone is 1. The summed E-state index contributed by atoms with van der Waals surface area (Å²) in [6.45, 7) is 5.84. The highest BCUT2D eigenvalue weighted by molar-refractivity contribution is 14.1. The Labute approximate surface area is 272 Å². The molecule has 1 aliphatic heterocycles. The van der Waals surface area contributed by atoms with Gasteiger partial charge in [0.25, 0.3) is 11.2 Å². The third kappa shape index (κ3) is 6.50. The molecule has 0 amide bonds. The van der Waals surface area contributed by atoms with Crippen LogP contribution < -0.4 is 19.6 Å². The van der Waals surface area contributed by atoms with E-state index in [0.29, 0.717) is 31.9 Å². The average Bonchev–Trinajstić information content (AvgIpc) is 3.26. The molecule has 43 heavy (non-hydrogen) atoms. The van der Waals surface area contributed by atoms with Crippen molar-refractivity contribution in [3.63, 3.8) is 0 Å². The number of carbonyl (C=O) groups excluding carboxylic acids is 1. The lowest BCUT2D eigenvalue weighted by atomic mass is 9.95. The van der Waals surface area contributed by atoms with Gasteiger partial charge < -0.3 is 9.47 Å². The number of benzene rings is 3. The molecule has 0 aliphatic carbocycles. The number of fused-ring (bicyclic) bond motifs is 1. The number of aryl methyl sites for hydroxylation is 1. The van der Waals surface area contributed by atoms with Gasteiger partial charge in [0, 0.05) is 22.2 Å². The van der Waals surface area contributed by atoms with Crippen LogP contribution in [0.3, 0.4) is 0 Å². The molecule has 1 atom stereocenters. The van der Waals surface area contributed by atoms with E-state index in [-0.39, 0.29) is 24.5 Å². The van der Waals surface area contributed by atoms with E-state index in [0.717, 1.165) is 24.7 Å². The fraction of sp³-hybridized carbons (Fsp3) is 0.194. The summed E-state index contributed by atoms with van der Waals surface area (Å²) in [6.07, 6.45) is 1.76. The van der Waals surface area contributed by atoms with Gasteiger partial charge in [-0.3, -0.25) is 19.5 Å². The lowest BCUT2D eigenvalue weighted by Crippen LogP contribution is -2.39. The van der Waals surface area contributed by atoms with Crippen molar-refractivity contribution < 1.29 is 19.2 Å². The molecule has 0 fully saturated rings. The van der Waals surface area contributed by atoms with E-state index in [1.165, 1.54) is 23.5 Å². The van der Waals surface area contributed by atoms with Gasteiger partial charge in [-0.2, -0.15) is 0 Å². The second-order valence-electron chi connectivity index (χ2n) is 9.73. The molecule has 0 radical (unpaired) electrons. The van der Waals surface area contributed by atoms with Crippen molar-refractivity contribution in [2.45, 2.75) is 33.4 Å². The number of aromatic nitrogens is 1. The molecule has 4 aromatic rings. The maximum atomic E-state index is 14.0. The molecule has 2 heterocycles. The fourth-order valence-corrected chi connectivity index (χ4v) is 7.45. The minimum atomic E-state index is -0.696. The maximum Gasteiger partial charge on any atom is 0.338 e. The highest BCUT2D eigenvalue weighted by Gasteiger charge is 2.33. The smallest absolute Gasteiger partial charge is 0.338 e. The summed E-state index contributed by atoms with van der Waals surface area (Å²) >= 11 is 6.95. The van der Waals surface area contributed by atoms with Crippen LogP contribution in [0.25, 0.3) is 6.08 Å². The van der Waals surface area contributed by atoms with Crippen LogP contribution in [-0.2, 0) is 16.1 Å². The van der Waals surface area contributed by atoms with Gasteiger partial charge in [0.1, 0.15) is 12.4 Å². The van der Waals surface area contributed by atoms with Crippen LogP contribution >= 0.6 is 49.9 Å². The number of ether oxygens (including phenoxy) is 2. The second kappa shape index (κ2) is 12.9. The zero-order valence-corrected chi connectivity index (χ0v) is 27.9. The largest absolute Gasteiger partial charge is 0.487 e. The number of nitrogens with zero attached hydrogens (tertiary/aromatic N) is 3. The topological polar surface area (TPSA) is 113 Å². The molecular weight excluding hydrogens is 749 g/mol. The van der Waals surface area contributed by atoms with Crippen LogP contribution in [0.4, 0.5) is 5.69 Å². The highest BCUT2D eigenvalue weighted by atomic mass is 127. The van der Waals surface area contributed by atoms with Crippen LogP contribution in [0.5, 0.6) is 5.75 Å². The van der Waals surface area contributed by atoms with Crippen molar-refractivity contribution in [3.05, 3.63) is 132 Å². The molecule has 0 spiro atoms. The molecule has 12 heteroatoms. The first kappa shape index (κ1) is 30.8. The Kier molecular flexibility index (Phi) is 9.28. The normalized spacial score (nSPS) is 14.7. The Hall–Kier alpha value is -3.62. The first-order valence-electron chi connectivity index (χ1n) is 13.2. The molecule has 3 aromatic carbocycles. The second-order valence-corrected chi connectivity index (χ2v) is 12.8. The van der Waals surface area contributed by atoms with E-state index in [9.17, 15) is 19.7 Å². The number of nitro benzene ring substituents is 1. The van der Waals surface area contributed by atoms with Gasteiger partial charge in [-0.05, 0) is 84.8 Å². The van der Waals surface area contributed by atoms with Crippen LogP contribution in [0.15, 0.2) is 86.2 Å².